The second-order valence-electron chi connectivity index (χ2n) is 3.73. The lowest BCUT2D eigenvalue weighted by atomic mass is 10.0. The first-order valence-electron chi connectivity index (χ1n) is 4.80. The molecule has 0 bridgehead atoms. The van der Waals surface area contributed by atoms with Gasteiger partial charge in [-0.05, 0) is 29.5 Å². The van der Waals surface area contributed by atoms with Crippen LogP contribution in [0.15, 0.2) is 29.8 Å². The predicted octanol–water partition coefficient (Wildman–Crippen LogP) is 2.96. The van der Waals surface area contributed by atoms with Gasteiger partial charge in [0.05, 0.1) is 6.10 Å². The number of hydrogen-bond donors (Lipinski definition) is 1. The number of allylic oxidation sites excluding steroid dienone is 1. The van der Waals surface area contributed by atoms with Crippen LogP contribution in [0.1, 0.15) is 29.2 Å². The molecule has 0 amide bonds. The third kappa shape index (κ3) is 1.70. The van der Waals surface area contributed by atoms with E-state index in [0.29, 0.717) is 11.5 Å². The quantitative estimate of drug-likeness (QED) is 0.793. The summed E-state index contributed by atoms with van der Waals surface area (Å²) in [5, 5.41) is 10.3. The van der Waals surface area contributed by atoms with Crippen molar-refractivity contribution in [1.29, 1.82) is 0 Å². The first-order chi connectivity index (χ1) is 6.68. The molecule has 0 saturated carbocycles. The molecular formula is C12H13ClO. The molecule has 0 heterocycles. The van der Waals surface area contributed by atoms with Crippen molar-refractivity contribution in [3.05, 3.63) is 46.5 Å². The molecule has 1 atom stereocenters. The Labute approximate surface area is 89.0 Å². The smallest absolute Gasteiger partial charge is 0.0796 e. The molecule has 1 aliphatic rings. The third-order valence-corrected chi connectivity index (χ3v) is 2.85. The van der Waals surface area contributed by atoms with Crippen LogP contribution in [-0.4, -0.2) is 5.11 Å². The first-order valence-corrected chi connectivity index (χ1v) is 5.18. The lowest BCUT2D eigenvalue weighted by molar-refractivity contribution is 0.180. The fraction of sp³-hybridized carbons (Fsp3) is 0.333. The minimum absolute atomic E-state index is 0.284. The van der Waals surface area contributed by atoms with Crippen LogP contribution in [0.3, 0.4) is 0 Å². The van der Waals surface area contributed by atoms with Gasteiger partial charge in [-0.25, -0.2) is 0 Å². The summed E-state index contributed by atoms with van der Waals surface area (Å²) >= 11 is 5.79. The Balaban J connectivity index is 2.39. The van der Waals surface area contributed by atoms with Crippen LogP contribution in [0.25, 0.3) is 0 Å². The fourth-order valence-electron chi connectivity index (χ4n) is 2.08. The standard InChI is InChI=1S/C12H13ClO/c1-8(13)7-9-3-2-4-11-10(9)5-6-12(11)14/h2-4,12,14H,1,5-7H2. The average molecular weight is 209 g/mol. The maximum atomic E-state index is 9.68. The summed E-state index contributed by atoms with van der Waals surface area (Å²) < 4.78 is 0. The highest BCUT2D eigenvalue weighted by Crippen LogP contribution is 2.33. The van der Waals surface area contributed by atoms with E-state index in [1.165, 1.54) is 11.1 Å². The van der Waals surface area contributed by atoms with E-state index in [1.807, 2.05) is 12.1 Å². The summed E-state index contributed by atoms with van der Waals surface area (Å²) in [6.07, 6.45) is 2.21. The van der Waals surface area contributed by atoms with Gasteiger partial charge >= 0.3 is 0 Å². The molecule has 0 radical (unpaired) electrons. The number of fused-ring (bicyclic) bond motifs is 1. The van der Waals surface area contributed by atoms with Crippen LogP contribution in [0, 0.1) is 0 Å². The van der Waals surface area contributed by atoms with Gasteiger partial charge in [0, 0.05) is 11.5 Å². The third-order valence-electron chi connectivity index (χ3n) is 2.72. The number of rotatable bonds is 2. The zero-order valence-corrected chi connectivity index (χ0v) is 8.72. The first kappa shape index (κ1) is 9.75. The van der Waals surface area contributed by atoms with Crippen molar-refractivity contribution in [2.75, 3.05) is 0 Å². The second kappa shape index (κ2) is 3.76. The number of halogens is 1. The lowest BCUT2D eigenvalue weighted by Gasteiger charge is -2.08. The topological polar surface area (TPSA) is 20.2 Å². The van der Waals surface area contributed by atoms with Crippen molar-refractivity contribution >= 4 is 11.6 Å². The normalized spacial score (nSPS) is 19.4. The monoisotopic (exact) mass is 208 g/mol. The highest BCUT2D eigenvalue weighted by Gasteiger charge is 2.21. The Morgan fingerprint density at radius 2 is 2.36 bits per heavy atom. The van der Waals surface area contributed by atoms with Crippen molar-refractivity contribution in [1.82, 2.24) is 0 Å². The SMILES string of the molecule is C=C(Cl)Cc1cccc2c1CCC2O. The molecule has 0 fully saturated rings. The molecule has 1 nitrogen and oxygen atoms in total. The maximum Gasteiger partial charge on any atom is 0.0796 e. The van der Waals surface area contributed by atoms with Gasteiger partial charge in [-0.15, -0.1) is 0 Å². The number of hydrogen-bond acceptors (Lipinski definition) is 1. The van der Waals surface area contributed by atoms with Gasteiger partial charge in [-0.1, -0.05) is 36.4 Å². The molecule has 1 aliphatic carbocycles. The van der Waals surface area contributed by atoms with E-state index in [0.717, 1.165) is 18.4 Å². The molecule has 0 spiro atoms. The molecule has 2 heteroatoms. The van der Waals surface area contributed by atoms with Crippen LogP contribution in [-0.2, 0) is 12.8 Å². The highest BCUT2D eigenvalue weighted by molar-refractivity contribution is 6.29. The molecule has 1 aromatic carbocycles. The van der Waals surface area contributed by atoms with E-state index >= 15 is 0 Å². The van der Waals surface area contributed by atoms with Gasteiger partial charge in [0.15, 0.2) is 0 Å². The Morgan fingerprint density at radius 3 is 3.07 bits per heavy atom. The Kier molecular flexibility index (Phi) is 2.62. The van der Waals surface area contributed by atoms with Gasteiger partial charge < -0.3 is 5.11 Å². The van der Waals surface area contributed by atoms with Gasteiger partial charge in [0.1, 0.15) is 0 Å². The zero-order valence-electron chi connectivity index (χ0n) is 7.96. The summed E-state index contributed by atoms with van der Waals surface area (Å²) in [5.74, 6) is 0. The molecule has 0 saturated heterocycles. The number of aliphatic hydroxyl groups excluding tert-OH is 1. The van der Waals surface area contributed by atoms with Crippen molar-refractivity contribution in [2.24, 2.45) is 0 Å². The van der Waals surface area contributed by atoms with Gasteiger partial charge in [-0.3, -0.25) is 0 Å². The van der Waals surface area contributed by atoms with Gasteiger partial charge in [0.2, 0.25) is 0 Å². The van der Waals surface area contributed by atoms with Crippen molar-refractivity contribution in [3.63, 3.8) is 0 Å². The number of aliphatic hydroxyl groups is 1. The van der Waals surface area contributed by atoms with Crippen LogP contribution in [0.2, 0.25) is 0 Å². The molecule has 2 rings (SSSR count). The van der Waals surface area contributed by atoms with E-state index in [4.69, 9.17) is 11.6 Å². The molecule has 74 valence electrons. The largest absolute Gasteiger partial charge is 0.388 e. The van der Waals surface area contributed by atoms with E-state index in [1.54, 1.807) is 0 Å². The summed E-state index contributed by atoms with van der Waals surface area (Å²) in [6, 6.07) is 6.03. The van der Waals surface area contributed by atoms with Crippen molar-refractivity contribution in [2.45, 2.75) is 25.4 Å². The fourth-order valence-corrected chi connectivity index (χ4v) is 2.22. The van der Waals surface area contributed by atoms with Crippen LogP contribution in [0.4, 0.5) is 0 Å². The average Bonchev–Trinajstić information content (AvgIpc) is 2.49. The minimum Gasteiger partial charge on any atom is -0.388 e. The Morgan fingerprint density at radius 1 is 1.57 bits per heavy atom. The molecule has 0 aliphatic heterocycles. The summed E-state index contributed by atoms with van der Waals surface area (Å²) in [5.41, 5.74) is 3.54. The summed E-state index contributed by atoms with van der Waals surface area (Å²) in [6.45, 7) is 3.70. The van der Waals surface area contributed by atoms with E-state index in [2.05, 4.69) is 12.6 Å². The lowest BCUT2D eigenvalue weighted by Crippen LogP contribution is -1.94. The van der Waals surface area contributed by atoms with Gasteiger partial charge in [0.25, 0.3) is 0 Å². The maximum absolute atomic E-state index is 9.68. The van der Waals surface area contributed by atoms with Crippen molar-refractivity contribution < 1.29 is 5.11 Å². The Bertz CT molecular complexity index is 371. The highest BCUT2D eigenvalue weighted by atomic mass is 35.5. The van der Waals surface area contributed by atoms with E-state index < -0.39 is 0 Å². The van der Waals surface area contributed by atoms with Gasteiger partial charge in [-0.2, -0.15) is 0 Å². The second-order valence-corrected chi connectivity index (χ2v) is 4.27. The van der Waals surface area contributed by atoms with Crippen LogP contribution >= 0.6 is 11.6 Å². The molecule has 14 heavy (non-hydrogen) atoms. The molecule has 1 unspecified atom stereocenters. The van der Waals surface area contributed by atoms with Crippen LogP contribution in [0.5, 0.6) is 0 Å². The molecule has 0 aromatic heterocycles. The Hall–Kier alpha value is -0.790. The number of benzene rings is 1. The summed E-state index contributed by atoms with van der Waals surface area (Å²) in [4.78, 5) is 0. The zero-order chi connectivity index (χ0) is 10.1. The minimum atomic E-state index is -0.284. The predicted molar refractivity (Wildman–Crippen MR) is 58.4 cm³/mol. The molecule has 1 aromatic rings. The van der Waals surface area contributed by atoms with Crippen molar-refractivity contribution in [3.8, 4) is 0 Å². The molecule has 1 N–H and O–H groups in total. The van der Waals surface area contributed by atoms with E-state index in [9.17, 15) is 5.11 Å². The summed E-state index contributed by atoms with van der Waals surface area (Å²) in [7, 11) is 0. The van der Waals surface area contributed by atoms with E-state index in [-0.39, 0.29) is 6.10 Å². The molecular weight excluding hydrogens is 196 g/mol. The van der Waals surface area contributed by atoms with Crippen LogP contribution < -0.4 is 0 Å².